The minimum absolute atomic E-state index is 0.122. The van der Waals surface area contributed by atoms with Gasteiger partial charge in [-0.2, -0.15) is 0 Å². The summed E-state index contributed by atoms with van der Waals surface area (Å²) in [6.45, 7) is 4.64. The second kappa shape index (κ2) is 11.2. The molecule has 0 radical (unpaired) electrons. The maximum absolute atomic E-state index is 5.34. The molecule has 1 aliphatic rings. The van der Waals surface area contributed by atoms with Gasteiger partial charge in [-0.3, -0.25) is 4.98 Å². The first kappa shape index (κ1) is 30.7. The highest BCUT2D eigenvalue weighted by Gasteiger charge is 2.35. The van der Waals surface area contributed by atoms with Crippen LogP contribution in [0.3, 0.4) is 0 Å². The van der Waals surface area contributed by atoms with Gasteiger partial charge in [0.1, 0.15) is 11.2 Å². The van der Waals surface area contributed by atoms with Crippen LogP contribution in [0.1, 0.15) is 25.0 Å². The molecule has 4 nitrogen and oxygen atoms in total. The van der Waals surface area contributed by atoms with Gasteiger partial charge in [0.15, 0.2) is 5.82 Å². The van der Waals surface area contributed by atoms with Gasteiger partial charge in [0.05, 0.1) is 16.6 Å². The predicted octanol–water partition coefficient (Wildman–Crippen LogP) is 13.3. The van der Waals surface area contributed by atoms with Crippen molar-refractivity contribution in [3.05, 3.63) is 169 Å². The first-order chi connectivity index (χ1) is 27.0. The summed E-state index contributed by atoms with van der Waals surface area (Å²) >= 11 is 1.89. The van der Waals surface area contributed by atoms with E-state index in [4.69, 9.17) is 15.0 Å². The van der Waals surface area contributed by atoms with E-state index in [1.165, 1.54) is 75.0 Å². The van der Waals surface area contributed by atoms with Crippen molar-refractivity contribution < 1.29 is 0 Å². The maximum Gasteiger partial charge on any atom is 0.160 e. The Morgan fingerprint density at radius 2 is 1.33 bits per heavy atom. The monoisotopic (exact) mass is 720 g/mol. The van der Waals surface area contributed by atoms with E-state index in [0.29, 0.717) is 5.82 Å². The quantitative estimate of drug-likeness (QED) is 0.182. The predicted molar refractivity (Wildman–Crippen MR) is 231 cm³/mol. The van der Waals surface area contributed by atoms with E-state index in [9.17, 15) is 0 Å². The second-order valence-electron chi connectivity index (χ2n) is 15.2. The van der Waals surface area contributed by atoms with Gasteiger partial charge in [-0.25, -0.2) is 9.97 Å². The van der Waals surface area contributed by atoms with E-state index in [1.54, 1.807) is 0 Å². The summed E-state index contributed by atoms with van der Waals surface area (Å²) in [6.07, 6.45) is 1.84. The zero-order valence-corrected chi connectivity index (χ0v) is 31.0. The molecule has 258 valence electrons. The van der Waals surface area contributed by atoms with Crippen LogP contribution in [-0.2, 0) is 5.41 Å². The van der Waals surface area contributed by atoms with E-state index < -0.39 is 0 Å². The molecule has 55 heavy (non-hydrogen) atoms. The van der Waals surface area contributed by atoms with Crippen molar-refractivity contribution in [2.24, 2.45) is 0 Å². The van der Waals surface area contributed by atoms with Crippen LogP contribution in [0.15, 0.2) is 158 Å². The van der Waals surface area contributed by atoms with E-state index in [2.05, 4.69) is 158 Å². The lowest BCUT2D eigenvalue weighted by molar-refractivity contribution is 0.660. The van der Waals surface area contributed by atoms with E-state index in [1.807, 2.05) is 29.7 Å². The highest BCUT2D eigenvalue weighted by Crippen LogP contribution is 2.50. The average molecular weight is 721 g/mol. The molecule has 4 aromatic heterocycles. The fourth-order valence-corrected chi connectivity index (χ4v) is 10.6. The van der Waals surface area contributed by atoms with E-state index >= 15 is 0 Å². The molecule has 4 heterocycles. The minimum Gasteiger partial charge on any atom is -0.309 e. The Morgan fingerprint density at radius 1 is 0.564 bits per heavy atom. The topological polar surface area (TPSA) is 43.6 Å². The molecule has 12 rings (SSSR count). The smallest absolute Gasteiger partial charge is 0.160 e. The third-order valence-corrected chi connectivity index (χ3v) is 13.0. The van der Waals surface area contributed by atoms with E-state index in [0.717, 1.165) is 33.5 Å². The molecule has 0 saturated carbocycles. The number of aromatic nitrogens is 4. The summed E-state index contributed by atoms with van der Waals surface area (Å²) in [5.41, 5.74) is 13.1. The van der Waals surface area contributed by atoms with Crippen molar-refractivity contribution in [3.63, 3.8) is 0 Å². The Kier molecular flexibility index (Phi) is 6.24. The number of hydrogen-bond donors (Lipinski definition) is 0. The van der Waals surface area contributed by atoms with Gasteiger partial charge < -0.3 is 4.57 Å². The fourth-order valence-electron chi connectivity index (χ4n) is 9.32. The lowest BCUT2D eigenvalue weighted by Gasteiger charge is -2.22. The molecule has 1 aliphatic carbocycles. The van der Waals surface area contributed by atoms with Gasteiger partial charge in [-0.1, -0.05) is 123 Å². The molecule has 11 aromatic rings. The van der Waals surface area contributed by atoms with Crippen LogP contribution in [0.2, 0.25) is 0 Å². The number of benzene rings is 7. The van der Waals surface area contributed by atoms with Gasteiger partial charge in [-0.15, -0.1) is 11.3 Å². The number of hydrogen-bond acceptors (Lipinski definition) is 4. The standard InChI is InChI=1S/C50H32N4S/c1-50(2)38-20-8-5-15-32(38)33-25-24-29(28-39(33)50)45-46-40(21-12-26-51-46)52-49(53-45)30-13-11-14-31(27-30)54-41-22-9-6-18-36(41)44-47(54)35-17-4-3-16-34(35)43-37-19-7-10-23-42(37)55-48(43)44/h3-28H,1-2H3. The third kappa shape index (κ3) is 4.24. The Labute approximate surface area is 321 Å². The molecule has 0 bridgehead atoms. The summed E-state index contributed by atoms with van der Waals surface area (Å²) in [6, 6.07) is 54.8. The van der Waals surface area contributed by atoms with Gasteiger partial charge in [0.2, 0.25) is 0 Å². The summed E-state index contributed by atoms with van der Waals surface area (Å²) in [5, 5.41) is 7.72. The molecule has 0 fully saturated rings. The van der Waals surface area contributed by atoms with Crippen LogP contribution >= 0.6 is 11.3 Å². The zero-order valence-electron chi connectivity index (χ0n) is 30.2. The molecule has 0 saturated heterocycles. The number of rotatable bonds is 3. The van der Waals surface area contributed by atoms with Crippen molar-refractivity contribution in [2.45, 2.75) is 19.3 Å². The van der Waals surface area contributed by atoms with Crippen LogP contribution in [0, 0.1) is 0 Å². The number of nitrogens with zero attached hydrogens (tertiary/aromatic N) is 4. The summed E-state index contributed by atoms with van der Waals surface area (Å²) in [4.78, 5) is 15.3. The van der Waals surface area contributed by atoms with Crippen molar-refractivity contribution in [2.75, 3.05) is 0 Å². The van der Waals surface area contributed by atoms with Crippen LogP contribution < -0.4 is 0 Å². The van der Waals surface area contributed by atoms with Crippen molar-refractivity contribution in [1.82, 2.24) is 19.5 Å². The highest BCUT2D eigenvalue weighted by molar-refractivity contribution is 7.27. The zero-order chi connectivity index (χ0) is 36.4. The first-order valence-electron chi connectivity index (χ1n) is 18.8. The molecule has 0 unspecified atom stereocenters. The Hall–Kier alpha value is -6.69. The minimum atomic E-state index is -0.122. The molecule has 5 heteroatoms. The molecule has 0 spiro atoms. The van der Waals surface area contributed by atoms with Crippen LogP contribution in [0.25, 0.3) is 103 Å². The molecular weight excluding hydrogens is 689 g/mol. The fraction of sp³-hybridized carbons (Fsp3) is 0.0600. The average Bonchev–Trinajstić information content (AvgIpc) is 3.87. The van der Waals surface area contributed by atoms with Gasteiger partial charge in [-0.05, 0) is 70.1 Å². The van der Waals surface area contributed by atoms with Gasteiger partial charge >= 0.3 is 0 Å². The third-order valence-electron chi connectivity index (χ3n) is 11.8. The molecule has 7 aromatic carbocycles. The SMILES string of the molecule is CC1(C)c2ccccc2-c2ccc(-c3nc(-c4cccc(-n5c6ccccc6c6c7sc8ccccc8c7c7ccccc7c65)c4)nc4cccnc34)cc21. The van der Waals surface area contributed by atoms with Crippen molar-refractivity contribution in [1.29, 1.82) is 0 Å². The molecule has 0 amide bonds. The number of fused-ring (bicyclic) bond motifs is 14. The highest BCUT2D eigenvalue weighted by atomic mass is 32.1. The van der Waals surface area contributed by atoms with Gasteiger partial charge in [0.25, 0.3) is 0 Å². The van der Waals surface area contributed by atoms with Crippen molar-refractivity contribution in [3.8, 4) is 39.5 Å². The molecule has 0 N–H and O–H groups in total. The summed E-state index contributed by atoms with van der Waals surface area (Å²) in [7, 11) is 0. The van der Waals surface area contributed by atoms with Gasteiger partial charge in [0, 0.05) is 64.8 Å². The van der Waals surface area contributed by atoms with Crippen LogP contribution in [-0.4, -0.2) is 19.5 Å². The molecular formula is C50H32N4S. The Balaban J connectivity index is 1.09. The number of para-hydroxylation sites is 1. The molecule has 0 aliphatic heterocycles. The normalized spacial score (nSPS) is 13.4. The van der Waals surface area contributed by atoms with E-state index in [-0.39, 0.29) is 5.41 Å². The second-order valence-corrected chi connectivity index (χ2v) is 16.2. The lowest BCUT2D eigenvalue weighted by Crippen LogP contribution is -2.15. The lowest BCUT2D eigenvalue weighted by atomic mass is 9.82. The first-order valence-corrected chi connectivity index (χ1v) is 19.6. The largest absolute Gasteiger partial charge is 0.309 e. The summed E-state index contributed by atoms with van der Waals surface area (Å²) in [5.74, 6) is 0.679. The maximum atomic E-state index is 5.34. The molecule has 0 atom stereocenters. The van der Waals surface area contributed by atoms with Crippen molar-refractivity contribution >= 4 is 75.1 Å². The number of thiophene rings is 1. The Bertz CT molecular complexity index is 3420. The van der Waals surface area contributed by atoms with Crippen LogP contribution in [0.5, 0.6) is 0 Å². The van der Waals surface area contributed by atoms with Crippen LogP contribution in [0.4, 0.5) is 0 Å². The summed E-state index contributed by atoms with van der Waals surface area (Å²) < 4.78 is 5.09. The number of pyridine rings is 1. The Morgan fingerprint density at radius 3 is 2.24 bits per heavy atom.